The summed E-state index contributed by atoms with van der Waals surface area (Å²) in [6, 6.07) is 8.62. The Hall–Kier alpha value is -2.24. The molecule has 0 aliphatic carbocycles. The van der Waals surface area contributed by atoms with Crippen LogP contribution < -0.4 is 16.0 Å². The number of anilines is 1. The number of aliphatic imine (C=N–C) groups is 1. The summed E-state index contributed by atoms with van der Waals surface area (Å²) in [5.41, 5.74) is 7.86. The van der Waals surface area contributed by atoms with Crippen molar-refractivity contribution < 1.29 is 4.79 Å². The van der Waals surface area contributed by atoms with E-state index in [-0.39, 0.29) is 5.91 Å². The number of rotatable bonds is 6. The molecule has 1 fully saturated rings. The van der Waals surface area contributed by atoms with E-state index in [0.29, 0.717) is 12.3 Å². The van der Waals surface area contributed by atoms with Gasteiger partial charge >= 0.3 is 0 Å². The molecule has 0 bridgehead atoms. The fraction of sp³-hybridized carbons (Fsp3) is 0.579. The number of hydrogen-bond acceptors (Lipinski definition) is 3. The number of primary amides is 1. The lowest BCUT2D eigenvalue weighted by atomic mass is 9.95. The number of benzene rings is 1. The van der Waals surface area contributed by atoms with Gasteiger partial charge in [-0.3, -0.25) is 9.79 Å². The van der Waals surface area contributed by atoms with Crippen molar-refractivity contribution in [3.05, 3.63) is 29.8 Å². The molecule has 2 rings (SSSR count). The molecule has 6 heteroatoms. The summed E-state index contributed by atoms with van der Waals surface area (Å²) in [5, 5.41) is 3.45. The summed E-state index contributed by atoms with van der Waals surface area (Å²) < 4.78 is 0. The first-order valence-corrected chi connectivity index (χ1v) is 8.99. The van der Waals surface area contributed by atoms with Gasteiger partial charge in [0, 0.05) is 52.9 Å². The lowest BCUT2D eigenvalue weighted by Gasteiger charge is -2.34. The van der Waals surface area contributed by atoms with Gasteiger partial charge in [-0.15, -0.1) is 0 Å². The predicted octanol–water partition coefficient (Wildman–Crippen LogP) is 1.46. The smallest absolute Gasteiger partial charge is 0.217 e. The van der Waals surface area contributed by atoms with Crippen LogP contribution in [0.25, 0.3) is 0 Å². The minimum absolute atomic E-state index is 0.212. The first kappa shape index (κ1) is 19.1. The lowest BCUT2D eigenvalue weighted by molar-refractivity contribution is -0.119. The van der Waals surface area contributed by atoms with E-state index in [1.807, 2.05) is 21.1 Å². The number of carbonyl (C=O) groups excluding carboxylic acids is 1. The Morgan fingerprint density at radius 3 is 2.68 bits per heavy atom. The summed E-state index contributed by atoms with van der Waals surface area (Å²) in [5.74, 6) is 1.04. The molecule has 3 N–H and O–H groups in total. The van der Waals surface area contributed by atoms with Gasteiger partial charge in [0.1, 0.15) is 0 Å². The number of nitrogens with zero attached hydrogens (tertiary/aromatic N) is 3. The number of carbonyl (C=O) groups is 1. The van der Waals surface area contributed by atoms with Gasteiger partial charge < -0.3 is 20.9 Å². The second-order valence-electron chi connectivity index (χ2n) is 6.91. The van der Waals surface area contributed by atoms with Gasteiger partial charge in [-0.05, 0) is 42.9 Å². The summed E-state index contributed by atoms with van der Waals surface area (Å²) in [6.07, 6.45) is 3.55. The van der Waals surface area contributed by atoms with Crippen molar-refractivity contribution in [1.29, 1.82) is 0 Å². The maximum Gasteiger partial charge on any atom is 0.217 e. The summed E-state index contributed by atoms with van der Waals surface area (Å²) in [4.78, 5) is 19.9. The lowest BCUT2D eigenvalue weighted by Crippen LogP contribution is -2.47. The Balaban J connectivity index is 1.82. The van der Waals surface area contributed by atoms with Gasteiger partial charge in [0.15, 0.2) is 5.96 Å². The van der Waals surface area contributed by atoms with Crippen LogP contribution in [0.1, 0.15) is 24.8 Å². The average molecular weight is 345 g/mol. The van der Waals surface area contributed by atoms with E-state index in [1.165, 1.54) is 11.3 Å². The topological polar surface area (TPSA) is 74.0 Å². The SMILES string of the molecule is CN=C(NCCc1ccc(N(C)C)cc1)N1CCCC(CC(N)=O)C1. The molecule has 1 aromatic rings. The molecule has 0 spiro atoms. The fourth-order valence-corrected chi connectivity index (χ4v) is 3.32. The first-order valence-electron chi connectivity index (χ1n) is 8.99. The van der Waals surface area contributed by atoms with E-state index in [0.717, 1.165) is 44.9 Å². The molecule has 0 aromatic heterocycles. The zero-order valence-electron chi connectivity index (χ0n) is 15.7. The molecule has 0 saturated carbocycles. The number of piperidine rings is 1. The molecule has 1 unspecified atom stereocenters. The van der Waals surface area contributed by atoms with Gasteiger partial charge in [0.05, 0.1) is 0 Å². The minimum Gasteiger partial charge on any atom is -0.378 e. The molecule has 1 saturated heterocycles. The second-order valence-corrected chi connectivity index (χ2v) is 6.91. The van der Waals surface area contributed by atoms with Crippen molar-refractivity contribution in [3.63, 3.8) is 0 Å². The third kappa shape index (κ3) is 5.96. The zero-order valence-corrected chi connectivity index (χ0v) is 15.7. The quantitative estimate of drug-likeness (QED) is 0.605. The van der Waals surface area contributed by atoms with Crippen molar-refractivity contribution >= 4 is 17.6 Å². The van der Waals surface area contributed by atoms with Crippen LogP contribution >= 0.6 is 0 Å². The van der Waals surface area contributed by atoms with Crippen LogP contribution in [-0.4, -0.2) is 57.5 Å². The molecule has 0 radical (unpaired) electrons. The van der Waals surface area contributed by atoms with E-state index in [4.69, 9.17) is 5.73 Å². The Labute approximate surface area is 151 Å². The van der Waals surface area contributed by atoms with Crippen LogP contribution in [0.3, 0.4) is 0 Å². The van der Waals surface area contributed by atoms with Crippen molar-refractivity contribution in [3.8, 4) is 0 Å². The maximum absolute atomic E-state index is 11.2. The normalized spacial score (nSPS) is 18.1. The molecular weight excluding hydrogens is 314 g/mol. The monoisotopic (exact) mass is 345 g/mol. The number of nitrogens with one attached hydrogen (secondary N) is 1. The summed E-state index contributed by atoms with van der Waals surface area (Å²) in [6.45, 7) is 2.66. The molecule has 1 heterocycles. The van der Waals surface area contributed by atoms with Gasteiger partial charge in [-0.25, -0.2) is 0 Å². The van der Waals surface area contributed by atoms with Crippen molar-refractivity contribution in [1.82, 2.24) is 10.2 Å². The average Bonchev–Trinajstić information content (AvgIpc) is 2.59. The third-order valence-corrected chi connectivity index (χ3v) is 4.67. The fourth-order valence-electron chi connectivity index (χ4n) is 3.32. The molecule has 1 aliphatic rings. The Kier molecular flexibility index (Phi) is 7.10. The molecule has 138 valence electrons. The molecule has 1 aromatic carbocycles. The highest BCUT2D eigenvalue weighted by Gasteiger charge is 2.23. The Morgan fingerprint density at radius 1 is 1.36 bits per heavy atom. The molecular formula is C19H31N5O. The van der Waals surface area contributed by atoms with E-state index in [2.05, 4.69) is 44.4 Å². The van der Waals surface area contributed by atoms with E-state index < -0.39 is 0 Å². The highest BCUT2D eigenvalue weighted by atomic mass is 16.1. The van der Waals surface area contributed by atoms with Crippen LogP contribution in [0.5, 0.6) is 0 Å². The van der Waals surface area contributed by atoms with E-state index in [1.54, 1.807) is 0 Å². The largest absolute Gasteiger partial charge is 0.378 e. The third-order valence-electron chi connectivity index (χ3n) is 4.67. The van der Waals surface area contributed by atoms with Gasteiger partial charge in [-0.1, -0.05) is 12.1 Å². The van der Waals surface area contributed by atoms with Crippen LogP contribution in [0.2, 0.25) is 0 Å². The van der Waals surface area contributed by atoms with Crippen LogP contribution in [0.4, 0.5) is 5.69 Å². The molecule has 1 atom stereocenters. The van der Waals surface area contributed by atoms with Crippen LogP contribution in [-0.2, 0) is 11.2 Å². The predicted molar refractivity (Wildman–Crippen MR) is 104 cm³/mol. The van der Waals surface area contributed by atoms with E-state index in [9.17, 15) is 4.79 Å². The number of amides is 1. The summed E-state index contributed by atoms with van der Waals surface area (Å²) >= 11 is 0. The summed E-state index contributed by atoms with van der Waals surface area (Å²) in [7, 11) is 5.90. The zero-order chi connectivity index (χ0) is 18.2. The van der Waals surface area contributed by atoms with E-state index >= 15 is 0 Å². The minimum atomic E-state index is -0.212. The molecule has 25 heavy (non-hydrogen) atoms. The highest BCUT2D eigenvalue weighted by molar-refractivity contribution is 5.80. The van der Waals surface area contributed by atoms with Gasteiger partial charge in [0.2, 0.25) is 5.91 Å². The molecule has 1 amide bonds. The van der Waals surface area contributed by atoms with Crippen molar-refractivity contribution in [2.75, 3.05) is 45.7 Å². The van der Waals surface area contributed by atoms with Gasteiger partial charge in [0.25, 0.3) is 0 Å². The van der Waals surface area contributed by atoms with Crippen molar-refractivity contribution in [2.24, 2.45) is 16.6 Å². The Bertz CT molecular complexity index is 582. The molecule has 1 aliphatic heterocycles. The standard InChI is InChI=1S/C19H31N5O/c1-21-19(24-12-4-5-16(14-24)13-18(20)25)22-11-10-15-6-8-17(9-7-15)23(2)3/h6-9,16H,4-5,10-14H2,1-3H3,(H2,20,25)(H,21,22). The number of guanidine groups is 1. The van der Waals surface area contributed by atoms with Crippen LogP contribution in [0.15, 0.2) is 29.3 Å². The van der Waals surface area contributed by atoms with Crippen molar-refractivity contribution in [2.45, 2.75) is 25.7 Å². The Morgan fingerprint density at radius 2 is 2.08 bits per heavy atom. The second kappa shape index (κ2) is 9.30. The highest BCUT2D eigenvalue weighted by Crippen LogP contribution is 2.19. The first-order chi connectivity index (χ1) is 12.0. The van der Waals surface area contributed by atoms with Gasteiger partial charge in [-0.2, -0.15) is 0 Å². The number of likely N-dealkylation sites (tertiary alicyclic amines) is 1. The number of nitrogens with two attached hydrogens (primary N) is 1. The number of hydrogen-bond donors (Lipinski definition) is 2. The maximum atomic E-state index is 11.2. The van der Waals surface area contributed by atoms with Crippen LogP contribution in [0, 0.1) is 5.92 Å². The molecule has 6 nitrogen and oxygen atoms in total.